The van der Waals surface area contributed by atoms with Crippen LogP contribution in [0.25, 0.3) is 22.3 Å². The number of para-hydroxylation sites is 1. The Hall–Kier alpha value is -5.26. The third-order valence-electron chi connectivity index (χ3n) is 6.98. The number of methoxy groups -OCH3 is 1. The topological polar surface area (TPSA) is 144 Å². The number of carbonyl (C=O) groups is 1. The van der Waals surface area contributed by atoms with Crippen molar-refractivity contribution in [2.24, 2.45) is 5.10 Å². The van der Waals surface area contributed by atoms with Gasteiger partial charge in [0.05, 0.1) is 42.4 Å². The van der Waals surface area contributed by atoms with Crippen LogP contribution in [0.15, 0.2) is 58.4 Å². The zero-order chi connectivity index (χ0) is 32.8. The van der Waals surface area contributed by atoms with E-state index < -0.39 is 28.2 Å². The van der Waals surface area contributed by atoms with Crippen molar-refractivity contribution in [1.29, 1.82) is 0 Å². The fourth-order valence-corrected chi connectivity index (χ4v) is 4.79. The number of fused-ring (bicyclic) bond motifs is 1. The van der Waals surface area contributed by atoms with E-state index in [-0.39, 0.29) is 29.6 Å². The first-order chi connectivity index (χ1) is 21.5. The van der Waals surface area contributed by atoms with Gasteiger partial charge in [0.2, 0.25) is 5.75 Å². The average Bonchev–Trinajstić information content (AvgIpc) is 3.01. The van der Waals surface area contributed by atoms with E-state index in [4.69, 9.17) is 23.9 Å². The molecule has 0 amide bonds. The molecule has 0 aliphatic rings. The highest BCUT2D eigenvalue weighted by Gasteiger charge is 2.27. The fraction of sp³-hybridized carbons (Fsp3) is 0.333. The van der Waals surface area contributed by atoms with Gasteiger partial charge in [0.25, 0.3) is 5.56 Å². The first kappa shape index (κ1) is 32.6. The van der Waals surface area contributed by atoms with Gasteiger partial charge in [0.1, 0.15) is 5.75 Å². The lowest BCUT2D eigenvalue weighted by atomic mass is 9.96. The van der Waals surface area contributed by atoms with Crippen LogP contribution in [0.3, 0.4) is 0 Å². The maximum atomic E-state index is 13.8. The Balaban J connectivity index is 1.93. The van der Waals surface area contributed by atoms with Gasteiger partial charge in [0, 0.05) is 17.2 Å². The number of aromatic nitrogens is 2. The molecule has 3 aromatic carbocycles. The average molecular weight is 617 g/mol. The minimum atomic E-state index is -1.13. The largest absolute Gasteiger partial charge is 0.494 e. The summed E-state index contributed by atoms with van der Waals surface area (Å²) in [4.78, 5) is 42.1. The van der Waals surface area contributed by atoms with Gasteiger partial charge in [-0.15, -0.1) is 0 Å². The van der Waals surface area contributed by atoms with Gasteiger partial charge in [-0.3, -0.25) is 14.9 Å². The van der Waals surface area contributed by atoms with E-state index in [1.807, 2.05) is 26.0 Å². The Bertz CT molecular complexity index is 1830. The number of benzene rings is 3. The molecule has 0 unspecified atom stereocenters. The Morgan fingerprint density at radius 2 is 1.76 bits per heavy atom. The van der Waals surface area contributed by atoms with Gasteiger partial charge in [-0.25, -0.2) is 9.78 Å². The highest BCUT2D eigenvalue weighted by Crippen LogP contribution is 2.39. The van der Waals surface area contributed by atoms with Crippen LogP contribution in [-0.2, 0) is 9.53 Å². The Morgan fingerprint density at radius 3 is 2.40 bits per heavy atom. The van der Waals surface area contributed by atoms with Crippen LogP contribution in [-0.4, -0.2) is 53.2 Å². The summed E-state index contributed by atoms with van der Waals surface area (Å²) in [7, 11) is 1.19. The molecule has 0 radical (unpaired) electrons. The van der Waals surface area contributed by atoms with Crippen LogP contribution >= 0.6 is 0 Å². The van der Waals surface area contributed by atoms with Crippen LogP contribution in [0.4, 0.5) is 5.69 Å². The van der Waals surface area contributed by atoms with Crippen molar-refractivity contribution >= 4 is 28.8 Å². The Labute approximate surface area is 260 Å². The zero-order valence-electron chi connectivity index (χ0n) is 26.3. The number of hydrogen-bond acceptors (Lipinski definition) is 10. The lowest BCUT2D eigenvalue weighted by Crippen LogP contribution is -2.25. The predicted molar refractivity (Wildman–Crippen MR) is 171 cm³/mol. The van der Waals surface area contributed by atoms with Crippen LogP contribution < -0.4 is 19.8 Å². The predicted octanol–water partition coefficient (Wildman–Crippen LogP) is 6.02. The summed E-state index contributed by atoms with van der Waals surface area (Å²) in [5.74, 6) is 0.259. The minimum Gasteiger partial charge on any atom is -0.494 e. The third-order valence-corrected chi connectivity index (χ3v) is 6.98. The highest BCUT2D eigenvalue weighted by atomic mass is 16.6. The molecule has 12 heteroatoms. The van der Waals surface area contributed by atoms with Crippen LogP contribution in [0.5, 0.6) is 17.2 Å². The minimum absolute atomic E-state index is 0.0250. The molecule has 4 rings (SSSR count). The van der Waals surface area contributed by atoms with Crippen LogP contribution in [0.2, 0.25) is 0 Å². The molecule has 0 aliphatic heterocycles. The van der Waals surface area contributed by atoms with E-state index in [2.05, 4.69) is 18.9 Å². The SMILES string of the molecule is CCOc1cc(C)c(-c2nc3ccccc3c(=O)n2N=Cc2cc(OCC)c(O[C@H](C)C(=O)OC)c([N+](=O)[O-])c2)cc1C(C)C. The molecule has 236 valence electrons. The number of ether oxygens (including phenoxy) is 4. The second kappa shape index (κ2) is 14.0. The summed E-state index contributed by atoms with van der Waals surface area (Å²) in [6.45, 7) is 11.7. The molecule has 45 heavy (non-hydrogen) atoms. The Morgan fingerprint density at radius 1 is 1.07 bits per heavy atom. The van der Waals surface area contributed by atoms with E-state index >= 15 is 0 Å². The summed E-state index contributed by atoms with van der Waals surface area (Å²) in [5, 5.41) is 17.0. The second-order valence-electron chi connectivity index (χ2n) is 10.4. The van der Waals surface area contributed by atoms with Crippen molar-refractivity contribution < 1.29 is 28.7 Å². The van der Waals surface area contributed by atoms with Crippen molar-refractivity contribution in [2.75, 3.05) is 20.3 Å². The van der Waals surface area contributed by atoms with Crippen molar-refractivity contribution in [3.8, 4) is 28.6 Å². The van der Waals surface area contributed by atoms with E-state index in [1.165, 1.54) is 37.1 Å². The number of nitrogens with zero attached hydrogens (tertiary/aromatic N) is 4. The fourth-order valence-electron chi connectivity index (χ4n) is 4.79. The molecule has 0 bridgehead atoms. The van der Waals surface area contributed by atoms with Crippen LogP contribution in [0.1, 0.15) is 57.2 Å². The normalized spacial score (nSPS) is 12.0. The number of carbonyl (C=O) groups excluding carboxylic acids is 1. The van der Waals surface area contributed by atoms with Gasteiger partial charge < -0.3 is 18.9 Å². The quantitative estimate of drug-likeness (QED) is 0.0807. The summed E-state index contributed by atoms with van der Waals surface area (Å²) in [6, 6.07) is 13.6. The van der Waals surface area contributed by atoms with Crippen molar-refractivity contribution in [1.82, 2.24) is 9.66 Å². The lowest BCUT2D eigenvalue weighted by molar-refractivity contribution is -0.386. The number of nitro benzene ring substituents is 1. The Kier molecular flexibility index (Phi) is 10.2. The number of rotatable bonds is 12. The monoisotopic (exact) mass is 616 g/mol. The van der Waals surface area contributed by atoms with Crippen molar-refractivity contribution in [2.45, 2.75) is 53.6 Å². The summed E-state index contributed by atoms with van der Waals surface area (Å²) in [6.07, 6.45) is 0.183. The first-order valence-electron chi connectivity index (χ1n) is 14.5. The van der Waals surface area contributed by atoms with Crippen molar-refractivity contribution in [3.05, 3.63) is 85.7 Å². The third kappa shape index (κ3) is 6.95. The molecule has 1 heterocycles. The van der Waals surface area contributed by atoms with E-state index in [0.717, 1.165) is 16.9 Å². The molecule has 0 saturated carbocycles. The smallest absolute Gasteiger partial charge is 0.346 e. The van der Waals surface area contributed by atoms with Gasteiger partial charge in [-0.1, -0.05) is 26.0 Å². The molecule has 0 spiro atoms. The van der Waals surface area contributed by atoms with Gasteiger partial charge >= 0.3 is 11.7 Å². The molecule has 4 aromatic rings. The molecule has 1 atom stereocenters. The highest BCUT2D eigenvalue weighted by molar-refractivity contribution is 5.85. The summed E-state index contributed by atoms with van der Waals surface area (Å²) >= 11 is 0. The number of aryl methyl sites for hydroxylation is 1. The van der Waals surface area contributed by atoms with Crippen molar-refractivity contribution in [3.63, 3.8) is 0 Å². The lowest BCUT2D eigenvalue weighted by Gasteiger charge is -2.18. The summed E-state index contributed by atoms with van der Waals surface area (Å²) in [5.41, 5.74) is 2.33. The molecule has 0 N–H and O–H groups in total. The van der Waals surface area contributed by atoms with Gasteiger partial charge in [0.15, 0.2) is 17.7 Å². The van der Waals surface area contributed by atoms with Gasteiger partial charge in [-0.05, 0) is 75.1 Å². The van der Waals surface area contributed by atoms with E-state index in [9.17, 15) is 19.7 Å². The molecule has 0 fully saturated rings. The summed E-state index contributed by atoms with van der Waals surface area (Å²) < 4.78 is 23.0. The van der Waals surface area contributed by atoms with Gasteiger partial charge in [-0.2, -0.15) is 9.78 Å². The van der Waals surface area contributed by atoms with Crippen LogP contribution in [0, 0.1) is 17.0 Å². The van der Waals surface area contributed by atoms with E-state index in [1.54, 1.807) is 31.2 Å². The molecular formula is C33H36N4O8. The maximum absolute atomic E-state index is 13.8. The standard InChI is InChI=1S/C33H36N4O8/c1-8-43-28-14-20(5)25(17-24(28)19(3)4)31-35-26-13-11-10-12-23(26)32(38)36(31)34-18-22-15-27(37(40)41)30(29(16-22)44-9-2)45-21(6)33(39)42-7/h10-19,21H,8-9H2,1-7H3/t21-/m1/s1. The molecule has 0 aliphatic carbocycles. The number of nitro groups is 1. The number of hydrogen-bond donors (Lipinski definition) is 0. The molecule has 12 nitrogen and oxygen atoms in total. The zero-order valence-corrected chi connectivity index (χ0v) is 26.3. The molecule has 0 saturated heterocycles. The van der Waals surface area contributed by atoms with E-state index in [0.29, 0.717) is 28.9 Å². The molecular weight excluding hydrogens is 580 g/mol. The molecule has 1 aromatic heterocycles. The maximum Gasteiger partial charge on any atom is 0.346 e. The first-order valence-corrected chi connectivity index (χ1v) is 14.5. The second-order valence-corrected chi connectivity index (χ2v) is 10.4. The number of esters is 1.